The molecule has 1 aromatic carbocycles. The van der Waals surface area contributed by atoms with Crippen molar-refractivity contribution in [3.63, 3.8) is 0 Å². The van der Waals surface area contributed by atoms with Crippen molar-refractivity contribution in [2.75, 3.05) is 39.3 Å². The van der Waals surface area contributed by atoms with Gasteiger partial charge in [0.25, 0.3) is 0 Å². The molecule has 1 fully saturated rings. The number of amides is 3. The minimum atomic E-state index is -0.679. The number of carbonyl (C=O) groups is 3. The van der Waals surface area contributed by atoms with Gasteiger partial charge in [-0.05, 0) is 17.9 Å². The van der Waals surface area contributed by atoms with Gasteiger partial charge in [0.15, 0.2) is 0 Å². The van der Waals surface area contributed by atoms with E-state index in [0.29, 0.717) is 45.7 Å². The summed E-state index contributed by atoms with van der Waals surface area (Å²) in [5, 5.41) is 5.80. The average Bonchev–Trinajstić information content (AvgIpc) is 2.70. The van der Waals surface area contributed by atoms with Gasteiger partial charge in [-0.1, -0.05) is 51.1 Å². The lowest BCUT2D eigenvalue weighted by Crippen LogP contribution is -2.53. The Morgan fingerprint density at radius 1 is 1.00 bits per heavy atom. The molecule has 0 bridgehead atoms. The lowest BCUT2D eigenvalue weighted by atomic mass is 10.0. The highest BCUT2D eigenvalue weighted by atomic mass is 16.2. The van der Waals surface area contributed by atoms with Gasteiger partial charge in [0, 0.05) is 39.1 Å². The number of nitrogens with zero attached hydrogens (tertiary/aromatic N) is 2. The molecular formula is C22H34N4O3. The summed E-state index contributed by atoms with van der Waals surface area (Å²) in [5.41, 5.74) is 0.788. The van der Waals surface area contributed by atoms with E-state index in [1.54, 1.807) is 4.90 Å². The normalized spacial score (nSPS) is 15.8. The summed E-state index contributed by atoms with van der Waals surface area (Å²) >= 11 is 0. The summed E-state index contributed by atoms with van der Waals surface area (Å²) in [7, 11) is 0. The second-order valence-corrected chi connectivity index (χ2v) is 7.96. The monoisotopic (exact) mass is 402 g/mol. The maximum atomic E-state index is 13.2. The van der Waals surface area contributed by atoms with Crippen LogP contribution in [0.4, 0.5) is 0 Å². The summed E-state index contributed by atoms with van der Waals surface area (Å²) in [6.45, 7) is 9.41. The van der Waals surface area contributed by atoms with E-state index in [0.717, 1.165) is 12.0 Å². The van der Waals surface area contributed by atoms with Crippen LogP contribution in [0.3, 0.4) is 0 Å². The molecule has 7 nitrogen and oxygen atoms in total. The molecule has 3 amide bonds. The van der Waals surface area contributed by atoms with Crippen molar-refractivity contribution in [1.82, 2.24) is 20.4 Å². The largest absolute Gasteiger partial charge is 0.355 e. The number of piperazine rings is 1. The molecule has 1 saturated heterocycles. The van der Waals surface area contributed by atoms with Crippen LogP contribution in [0.2, 0.25) is 0 Å². The minimum Gasteiger partial charge on any atom is -0.355 e. The molecule has 0 saturated carbocycles. The Hall–Kier alpha value is -2.41. The lowest BCUT2D eigenvalue weighted by Gasteiger charge is -2.36. The first-order chi connectivity index (χ1) is 13.9. The van der Waals surface area contributed by atoms with E-state index in [1.165, 1.54) is 0 Å². The van der Waals surface area contributed by atoms with Crippen LogP contribution in [-0.2, 0) is 14.4 Å². The second-order valence-electron chi connectivity index (χ2n) is 7.96. The van der Waals surface area contributed by atoms with Gasteiger partial charge in [0.05, 0.1) is 6.54 Å². The predicted octanol–water partition coefficient (Wildman–Crippen LogP) is 1.56. The second kappa shape index (κ2) is 11.6. The standard InChI is InChI=1S/C22H34N4O3/c1-4-10-23-20(28)16-25-11-13-26(14-12-25)22(29)21(18-8-6-5-7-9-18)24-19(27)15-17(2)3/h5-9,17,21H,4,10-16H2,1-3H3,(H,23,28)(H,24,27). The molecule has 2 N–H and O–H groups in total. The summed E-state index contributed by atoms with van der Waals surface area (Å²) in [6, 6.07) is 8.69. The minimum absolute atomic E-state index is 0.0229. The highest BCUT2D eigenvalue weighted by molar-refractivity contribution is 5.89. The molecule has 2 rings (SSSR count). The Kier molecular flexibility index (Phi) is 9.12. The fourth-order valence-electron chi connectivity index (χ4n) is 3.36. The number of nitrogens with one attached hydrogen (secondary N) is 2. The Morgan fingerprint density at radius 3 is 2.24 bits per heavy atom. The van der Waals surface area contributed by atoms with E-state index < -0.39 is 6.04 Å². The van der Waals surface area contributed by atoms with E-state index in [9.17, 15) is 14.4 Å². The van der Waals surface area contributed by atoms with Crippen LogP contribution in [0, 0.1) is 5.92 Å². The van der Waals surface area contributed by atoms with Crippen molar-refractivity contribution in [2.24, 2.45) is 5.92 Å². The third kappa shape index (κ3) is 7.49. The smallest absolute Gasteiger partial charge is 0.249 e. The molecule has 1 unspecified atom stereocenters. The quantitative estimate of drug-likeness (QED) is 0.657. The van der Waals surface area contributed by atoms with E-state index in [4.69, 9.17) is 0 Å². The molecule has 29 heavy (non-hydrogen) atoms. The highest BCUT2D eigenvalue weighted by Crippen LogP contribution is 2.18. The van der Waals surface area contributed by atoms with Crippen LogP contribution in [0.15, 0.2) is 30.3 Å². The molecule has 160 valence electrons. The number of carbonyl (C=O) groups excluding carboxylic acids is 3. The fraction of sp³-hybridized carbons (Fsp3) is 0.591. The van der Waals surface area contributed by atoms with E-state index in [1.807, 2.05) is 51.1 Å². The molecule has 0 aliphatic carbocycles. The third-order valence-corrected chi connectivity index (χ3v) is 4.90. The zero-order chi connectivity index (χ0) is 21.2. The number of rotatable bonds is 9. The molecule has 0 spiro atoms. The maximum Gasteiger partial charge on any atom is 0.249 e. The predicted molar refractivity (Wildman–Crippen MR) is 113 cm³/mol. The van der Waals surface area contributed by atoms with E-state index >= 15 is 0 Å². The topological polar surface area (TPSA) is 81.8 Å². The summed E-state index contributed by atoms with van der Waals surface area (Å²) in [6.07, 6.45) is 1.30. The van der Waals surface area contributed by atoms with E-state index in [2.05, 4.69) is 15.5 Å². The number of hydrogen-bond donors (Lipinski definition) is 2. The Morgan fingerprint density at radius 2 is 1.66 bits per heavy atom. The summed E-state index contributed by atoms with van der Waals surface area (Å²) in [4.78, 5) is 41.3. The molecular weight excluding hydrogens is 368 g/mol. The van der Waals surface area contributed by atoms with Crippen molar-refractivity contribution in [1.29, 1.82) is 0 Å². The zero-order valence-electron chi connectivity index (χ0n) is 17.8. The van der Waals surface area contributed by atoms with Gasteiger partial charge in [-0.3, -0.25) is 19.3 Å². The first kappa shape index (κ1) is 22.9. The molecule has 7 heteroatoms. The maximum absolute atomic E-state index is 13.2. The van der Waals surface area contributed by atoms with Crippen molar-refractivity contribution < 1.29 is 14.4 Å². The Bertz CT molecular complexity index is 670. The molecule has 1 aliphatic rings. The first-order valence-electron chi connectivity index (χ1n) is 10.5. The van der Waals surface area contributed by atoms with Crippen molar-refractivity contribution in [2.45, 2.75) is 39.7 Å². The highest BCUT2D eigenvalue weighted by Gasteiger charge is 2.30. The van der Waals surface area contributed by atoms with Gasteiger partial charge in [-0.2, -0.15) is 0 Å². The van der Waals surface area contributed by atoms with Crippen LogP contribution in [-0.4, -0.2) is 66.8 Å². The molecule has 0 aromatic heterocycles. The van der Waals surface area contributed by atoms with Crippen LogP contribution in [0.5, 0.6) is 0 Å². The van der Waals surface area contributed by atoms with Gasteiger partial charge in [-0.15, -0.1) is 0 Å². The van der Waals surface area contributed by atoms with Gasteiger partial charge >= 0.3 is 0 Å². The van der Waals surface area contributed by atoms with Gasteiger partial charge < -0.3 is 15.5 Å². The van der Waals surface area contributed by atoms with Crippen LogP contribution < -0.4 is 10.6 Å². The molecule has 0 radical (unpaired) electrons. The zero-order valence-corrected chi connectivity index (χ0v) is 17.8. The summed E-state index contributed by atoms with van der Waals surface area (Å²) in [5.74, 6) is 0.0375. The molecule has 1 aliphatic heterocycles. The molecule has 1 heterocycles. The van der Waals surface area contributed by atoms with Gasteiger partial charge in [0.2, 0.25) is 17.7 Å². The number of benzene rings is 1. The van der Waals surface area contributed by atoms with E-state index in [-0.39, 0.29) is 23.6 Å². The average molecular weight is 403 g/mol. The van der Waals surface area contributed by atoms with Crippen LogP contribution in [0.1, 0.15) is 45.2 Å². The summed E-state index contributed by atoms with van der Waals surface area (Å²) < 4.78 is 0. The number of hydrogen-bond acceptors (Lipinski definition) is 4. The SMILES string of the molecule is CCCNC(=O)CN1CCN(C(=O)C(NC(=O)CC(C)C)c2ccccc2)CC1. The van der Waals surface area contributed by atoms with Crippen LogP contribution in [0.25, 0.3) is 0 Å². The first-order valence-corrected chi connectivity index (χ1v) is 10.5. The molecule has 1 aromatic rings. The third-order valence-electron chi connectivity index (χ3n) is 4.90. The van der Waals surface area contributed by atoms with Gasteiger partial charge in [0.1, 0.15) is 6.04 Å². The Labute approximate surface area is 173 Å². The van der Waals surface area contributed by atoms with Crippen LogP contribution >= 0.6 is 0 Å². The van der Waals surface area contributed by atoms with Crippen molar-refractivity contribution in [3.8, 4) is 0 Å². The van der Waals surface area contributed by atoms with Crippen molar-refractivity contribution in [3.05, 3.63) is 35.9 Å². The Balaban J connectivity index is 1.97. The lowest BCUT2D eigenvalue weighted by molar-refractivity contribution is -0.138. The van der Waals surface area contributed by atoms with Gasteiger partial charge in [-0.25, -0.2) is 0 Å². The molecule has 1 atom stereocenters. The fourth-order valence-corrected chi connectivity index (χ4v) is 3.36. The van der Waals surface area contributed by atoms with Crippen molar-refractivity contribution >= 4 is 17.7 Å².